The second-order valence-corrected chi connectivity index (χ2v) is 10.3. The molecule has 9 nitrogen and oxygen atoms in total. The molecular weight excluding hydrogens is 390 g/mol. The third-order valence-corrected chi connectivity index (χ3v) is 5.23. The molecule has 3 atom stereocenters. The summed E-state index contributed by atoms with van der Waals surface area (Å²) < 4.78 is 10.9. The van der Waals surface area contributed by atoms with Crippen LogP contribution in [0.3, 0.4) is 0 Å². The number of hydrogen-bond donors (Lipinski definition) is 1. The van der Waals surface area contributed by atoms with Crippen LogP contribution in [0.2, 0.25) is 0 Å². The first-order chi connectivity index (χ1) is 13.7. The molecule has 3 unspecified atom stereocenters. The molecule has 0 aromatic rings. The Balaban J connectivity index is 2.07. The first-order valence-electron chi connectivity index (χ1n) is 10.6. The second kappa shape index (κ2) is 8.99. The lowest BCUT2D eigenvalue weighted by atomic mass is 9.92. The van der Waals surface area contributed by atoms with Crippen molar-refractivity contribution in [1.29, 1.82) is 0 Å². The van der Waals surface area contributed by atoms with Crippen molar-refractivity contribution < 1.29 is 29.0 Å². The van der Waals surface area contributed by atoms with Crippen LogP contribution in [0, 0.1) is 5.92 Å². The van der Waals surface area contributed by atoms with Crippen molar-refractivity contribution in [2.75, 3.05) is 32.7 Å². The van der Waals surface area contributed by atoms with Crippen molar-refractivity contribution in [2.45, 2.75) is 78.2 Å². The standard InChI is InChI=1S/C21H37N3O6/c1-14-11-22(18(27)29-20(2,3)4)8-9-24(14)16-10-15(17(25)26)12-23(13-16)19(28)30-21(5,6)7/h14-16H,8-13H2,1-7H3,(H,25,26). The summed E-state index contributed by atoms with van der Waals surface area (Å²) in [5.41, 5.74) is -1.20. The summed E-state index contributed by atoms with van der Waals surface area (Å²) >= 11 is 0. The normalized spacial score (nSPS) is 26.3. The predicted molar refractivity (Wildman–Crippen MR) is 111 cm³/mol. The number of nitrogens with zero attached hydrogens (tertiary/aromatic N) is 3. The predicted octanol–water partition coefficient (Wildman–Crippen LogP) is 2.64. The number of carbonyl (C=O) groups excluding carboxylic acids is 2. The summed E-state index contributed by atoms with van der Waals surface area (Å²) in [6, 6.07) is -0.0903. The molecule has 30 heavy (non-hydrogen) atoms. The number of likely N-dealkylation sites (tertiary alicyclic amines) is 1. The zero-order valence-corrected chi connectivity index (χ0v) is 19.3. The zero-order valence-electron chi connectivity index (χ0n) is 19.3. The number of aliphatic carboxylic acids is 1. The van der Waals surface area contributed by atoms with Crippen LogP contribution in [0.25, 0.3) is 0 Å². The van der Waals surface area contributed by atoms with Gasteiger partial charge in [0.15, 0.2) is 0 Å². The van der Waals surface area contributed by atoms with Gasteiger partial charge in [0, 0.05) is 44.8 Å². The molecule has 2 fully saturated rings. The topological polar surface area (TPSA) is 99.6 Å². The van der Waals surface area contributed by atoms with Crippen LogP contribution in [0.15, 0.2) is 0 Å². The molecule has 0 aromatic carbocycles. The molecule has 2 aliphatic rings. The number of hydrogen-bond acceptors (Lipinski definition) is 6. The summed E-state index contributed by atoms with van der Waals surface area (Å²) in [5, 5.41) is 9.61. The number of carbonyl (C=O) groups is 3. The molecule has 0 bridgehead atoms. The largest absolute Gasteiger partial charge is 0.481 e. The lowest BCUT2D eigenvalue weighted by molar-refractivity contribution is -0.144. The van der Waals surface area contributed by atoms with Gasteiger partial charge in [0.2, 0.25) is 0 Å². The molecular formula is C21H37N3O6. The minimum Gasteiger partial charge on any atom is -0.481 e. The van der Waals surface area contributed by atoms with Gasteiger partial charge in [-0.25, -0.2) is 9.59 Å². The molecule has 0 spiro atoms. The molecule has 2 heterocycles. The molecule has 1 N–H and O–H groups in total. The number of carboxylic acids is 1. The fraction of sp³-hybridized carbons (Fsp3) is 0.857. The maximum atomic E-state index is 12.6. The summed E-state index contributed by atoms with van der Waals surface area (Å²) in [4.78, 5) is 42.1. The van der Waals surface area contributed by atoms with E-state index < -0.39 is 29.2 Å². The summed E-state index contributed by atoms with van der Waals surface area (Å²) in [7, 11) is 0. The van der Waals surface area contributed by atoms with Crippen molar-refractivity contribution in [1.82, 2.24) is 14.7 Å². The fourth-order valence-corrected chi connectivity index (χ4v) is 3.97. The molecule has 2 saturated heterocycles. The first-order valence-corrected chi connectivity index (χ1v) is 10.6. The number of ether oxygens (including phenoxy) is 2. The Kier molecular flexibility index (Phi) is 7.27. The highest BCUT2D eigenvalue weighted by molar-refractivity contribution is 5.73. The van der Waals surface area contributed by atoms with Gasteiger partial charge >= 0.3 is 18.2 Å². The van der Waals surface area contributed by atoms with Crippen molar-refractivity contribution >= 4 is 18.2 Å². The van der Waals surface area contributed by atoms with Gasteiger partial charge < -0.3 is 24.4 Å². The van der Waals surface area contributed by atoms with Gasteiger partial charge in [0.1, 0.15) is 11.2 Å². The number of rotatable bonds is 2. The molecule has 0 aromatic heterocycles. The third-order valence-electron chi connectivity index (χ3n) is 5.23. The first kappa shape index (κ1) is 24.2. The van der Waals surface area contributed by atoms with Gasteiger partial charge in [0.05, 0.1) is 5.92 Å². The van der Waals surface area contributed by atoms with E-state index in [9.17, 15) is 19.5 Å². The average molecular weight is 428 g/mol. The molecule has 2 amide bonds. The molecule has 172 valence electrons. The minimum absolute atomic E-state index is 0.0179. The average Bonchev–Trinajstić information content (AvgIpc) is 2.58. The quantitative estimate of drug-likeness (QED) is 0.723. The van der Waals surface area contributed by atoms with Crippen molar-refractivity contribution in [3.8, 4) is 0 Å². The smallest absolute Gasteiger partial charge is 0.410 e. The van der Waals surface area contributed by atoms with Crippen molar-refractivity contribution in [3.05, 3.63) is 0 Å². The van der Waals surface area contributed by atoms with E-state index >= 15 is 0 Å². The molecule has 2 aliphatic heterocycles. The van der Waals surface area contributed by atoms with Crippen LogP contribution in [-0.4, -0.2) is 94.0 Å². The summed E-state index contributed by atoms with van der Waals surface area (Å²) in [6.45, 7) is 15.0. The zero-order chi connectivity index (χ0) is 22.9. The van der Waals surface area contributed by atoms with E-state index in [1.54, 1.807) is 25.7 Å². The fourth-order valence-electron chi connectivity index (χ4n) is 3.97. The van der Waals surface area contributed by atoms with E-state index in [0.29, 0.717) is 32.6 Å². The molecule has 0 saturated carbocycles. The van der Waals surface area contributed by atoms with Gasteiger partial charge in [-0.2, -0.15) is 0 Å². The monoisotopic (exact) mass is 427 g/mol. The highest BCUT2D eigenvalue weighted by atomic mass is 16.6. The Morgan fingerprint density at radius 1 is 0.833 bits per heavy atom. The highest BCUT2D eigenvalue weighted by Gasteiger charge is 2.41. The summed E-state index contributed by atoms with van der Waals surface area (Å²) in [6.07, 6.45) is -0.360. The molecule has 0 aliphatic carbocycles. The lowest BCUT2D eigenvalue weighted by Gasteiger charge is -2.47. The van der Waals surface area contributed by atoms with Crippen LogP contribution in [0.1, 0.15) is 54.9 Å². The van der Waals surface area contributed by atoms with Crippen LogP contribution in [0.4, 0.5) is 9.59 Å². The molecule has 9 heteroatoms. The third kappa shape index (κ3) is 6.75. The number of piperazine rings is 1. The van der Waals surface area contributed by atoms with E-state index in [1.165, 1.54) is 4.90 Å². The second-order valence-electron chi connectivity index (χ2n) is 10.3. The van der Waals surface area contributed by atoms with E-state index in [0.717, 1.165) is 0 Å². The van der Waals surface area contributed by atoms with E-state index in [4.69, 9.17) is 9.47 Å². The molecule has 2 rings (SSSR count). The van der Waals surface area contributed by atoms with Gasteiger partial charge in [-0.15, -0.1) is 0 Å². The van der Waals surface area contributed by atoms with Crippen LogP contribution < -0.4 is 0 Å². The van der Waals surface area contributed by atoms with Crippen LogP contribution in [-0.2, 0) is 14.3 Å². The van der Waals surface area contributed by atoms with Crippen LogP contribution >= 0.6 is 0 Å². The van der Waals surface area contributed by atoms with E-state index in [-0.39, 0.29) is 24.7 Å². The van der Waals surface area contributed by atoms with Crippen molar-refractivity contribution in [3.63, 3.8) is 0 Å². The van der Waals surface area contributed by atoms with E-state index in [1.807, 2.05) is 27.7 Å². The van der Waals surface area contributed by atoms with Gasteiger partial charge in [0.25, 0.3) is 0 Å². The highest BCUT2D eigenvalue weighted by Crippen LogP contribution is 2.26. The molecule has 0 radical (unpaired) electrons. The minimum atomic E-state index is -0.909. The maximum absolute atomic E-state index is 12.6. The van der Waals surface area contributed by atoms with Gasteiger partial charge in [-0.3, -0.25) is 9.69 Å². The van der Waals surface area contributed by atoms with Gasteiger partial charge in [-0.1, -0.05) is 0 Å². The number of carboxylic acid groups (broad SMARTS) is 1. The van der Waals surface area contributed by atoms with Gasteiger partial charge in [-0.05, 0) is 54.9 Å². The number of amides is 2. The maximum Gasteiger partial charge on any atom is 0.410 e. The Morgan fingerprint density at radius 2 is 1.37 bits per heavy atom. The lowest BCUT2D eigenvalue weighted by Crippen LogP contribution is -2.62. The Hall–Kier alpha value is -2.03. The number of piperidine rings is 1. The SMILES string of the molecule is CC1CN(C(=O)OC(C)(C)C)CCN1C1CC(C(=O)O)CN(C(=O)OC(C)(C)C)C1. The van der Waals surface area contributed by atoms with Crippen molar-refractivity contribution in [2.24, 2.45) is 5.92 Å². The Labute approximate surface area is 179 Å². The Morgan fingerprint density at radius 3 is 1.83 bits per heavy atom. The van der Waals surface area contributed by atoms with Crippen LogP contribution in [0.5, 0.6) is 0 Å². The van der Waals surface area contributed by atoms with E-state index in [2.05, 4.69) is 4.90 Å². The Bertz CT molecular complexity index is 654. The summed E-state index contributed by atoms with van der Waals surface area (Å²) in [5.74, 6) is -1.55.